The standard InChI is InChI=1S/C13H18BrNO3/c1-4-15-13(17)9(3)18-12-6-5-10(14)7-11(12)8(2)16/h5-9,16H,4H2,1-3H3,(H,15,17)/t8-,9?/m1/s1. The highest BCUT2D eigenvalue weighted by Crippen LogP contribution is 2.29. The first-order valence-corrected chi connectivity index (χ1v) is 6.66. The van der Waals surface area contributed by atoms with Gasteiger partial charge in [-0.15, -0.1) is 0 Å². The minimum absolute atomic E-state index is 0.169. The molecular weight excluding hydrogens is 298 g/mol. The molecule has 0 heterocycles. The molecule has 18 heavy (non-hydrogen) atoms. The Morgan fingerprint density at radius 3 is 2.72 bits per heavy atom. The third kappa shape index (κ3) is 3.99. The summed E-state index contributed by atoms with van der Waals surface area (Å²) >= 11 is 3.34. The fraction of sp³-hybridized carbons (Fsp3) is 0.462. The predicted molar refractivity (Wildman–Crippen MR) is 73.5 cm³/mol. The monoisotopic (exact) mass is 315 g/mol. The summed E-state index contributed by atoms with van der Waals surface area (Å²) < 4.78 is 6.44. The van der Waals surface area contributed by atoms with Crippen LogP contribution in [0, 0.1) is 0 Å². The quantitative estimate of drug-likeness (QED) is 0.877. The number of carbonyl (C=O) groups is 1. The van der Waals surface area contributed by atoms with Crippen molar-refractivity contribution in [1.29, 1.82) is 0 Å². The number of nitrogens with one attached hydrogen (secondary N) is 1. The number of halogens is 1. The molecule has 4 nitrogen and oxygen atoms in total. The van der Waals surface area contributed by atoms with Crippen molar-refractivity contribution in [1.82, 2.24) is 5.32 Å². The first-order chi connectivity index (χ1) is 8.45. The maximum atomic E-state index is 11.6. The van der Waals surface area contributed by atoms with Gasteiger partial charge in [-0.1, -0.05) is 15.9 Å². The number of aliphatic hydroxyl groups excluding tert-OH is 1. The fourth-order valence-corrected chi connectivity index (χ4v) is 1.89. The van der Waals surface area contributed by atoms with Crippen molar-refractivity contribution in [3.8, 4) is 5.75 Å². The number of amides is 1. The van der Waals surface area contributed by atoms with E-state index in [1.165, 1.54) is 0 Å². The highest BCUT2D eigenvalue weighted by Gasteiger charge is 2.17. The van der Waals surface area contributed by atoms with Crippen LogP contribution in [-0.4, -0.2) is 23.7 Å². The van der Waals surface area contributed by atoms with E-state index in [1.807, 2.05) is 13.0 Å². The van der Waals surface area contributed by atoms with Crippen LogP contribution in [0.15, 0.2) is 22.7 Å². The highest BCUT2D eigenvalue weighted by atomic mass is 79.9. The van der Waals surface area contributed by atoms with E-state index < -0.39 is 12.2 Å². The van der Waals surface area contributed by atoms with Crippen molar-refractivity contribution in [3.63, 3.8) is 0 Å². The van der Waals surface area contributed by atoms with Crippen LogP contribution in [0.1, 0.15) is 32.4 Å². The summed E-state index contributed by atoms with van der Waals surface area (Å²) in [7, 11) is 0. The van der Waals surface area contributed by atoms with Gasteiger partial charge in [0, 0.05) is 16.6 Å². The molecule has 1 unspecified atom stereocenters. The average Bonchev–Trinajstić information content (AvgIpc) is 2.31. The van der Waals surface area contributed by atoms with Gasteiger partial charge in [-0.25, -0.2) is 0 Å². The van der Waals surface area contributed by atoms with E-state index in [0.29, 0.717) is 17.9 Å². The Morgan fingerprint density at radius 2 is 2.17 bits per heavy atom. The zero-order valence-electron chi connectivity index (χ0n) is 10.7. The summed E-state index contributed by atoms with van der Waals surface area (Å²) in [5.74, 6) is 0.351. The van der Waals surface area contributed by atoms with E-state index in [4.69, 9.17) is 4.74 Å². The number of aliphatic hydroxyl groups is 1. The van der Waals surface area contributed by atoms with Crippen LogP contribution in [0.2, 0.25) is 0 Å². The molecule has 1 rings (SSSR count). The van der Waals surface area contributed by atoms with Crippen LogP contribution < -0.4 is 10.1 Å². The highest BCUT2D eigenvalue weighted by molar-refractivity contribution is 9.10. The number of benzene rings is 1. The van der Waals surface area contributed by atoms with Gasteiger partial charge in [0.15, 0.2) is 6.10 Å². The van der Waals surface area contributed by atoms with Crippen LogP contribution in [0.3, 0.4) is 0 Å². The molecule has 100 valence electrons. The van der Waals surface area contributed by atoms with Gasteiger partial charge in [0.1, 0.15) is 5.75 Å². The molecule has 5 heteroatoms. The SMILES string of the molecule is CCNC(=O)C(C)Oc1ccc(Br)cc1[C@@H](C)O. The second-order valence-electron chi connectivity index (χ2n) is 4.01. The lowest BCUT2D eigenvalue weighted by Gasteiger charge is -2.18. The van der Waals surface area contributed by atoms with Gasteiger partial charge in [-0.3, -0.25) is 4.79 Å². The average molecular weight is 316 g/mol. The Bertz CT molecular complexity index is 421. The molecule has 0 bridgehead atoms. The van der Waals surface area contributed by atoms with Crippen LogP contribution in [0.4, 0.5) is 0 Å². The molecule has 1 amide bonds. The molecule has 0 spiro atoms. The number of hydrogen-bond donors (Lipinski definition) is 2. The lowest BCUT2D eigenvalue weighted by Crippen LogP contribution is -2.36. The van der Waals surface area contributed by atoms with Gasteiger partial charge in [-0.05, 0) is 39.0 Å². The number of likely N-dealkylation sites (N-methyl/N-ethyl adjacent to an activating group) is 1. The maximum absolute atomic E-state index is 11.6. The summed E-state index contributed by atoms with van der Waals surface area (Å²) in [6.07, 6.45) is -1.25. The van der Waals surface area contributed by atoms with Gasteiger partial charge in [0.2, 0.25) is 0 Å². The lowest BCUT2D eigenvalue weighted by molar-refractivity contribution is -0.127. The van der Waals surface area contributed by atoms with E-state index in [0.717, 1.165) is 4.47 Å². The second kappa shape index (κ2) is 6.75. The van der Waals surface area contributed by atoms with Crippen molar-refractivity contribution < 1.29 is 14.6 Å². The maximum Gasteiger partial charge on any atom is 0.260 e. The fourth-order valence-electron chi connectivity index (χ4n) is 1.52. The van der Waals surface area contributed by atoms with Crippen molar-refractivity contribution in [2.75, 3.05) is 6.54 Å². The number of hydrogen-bond acceptors (Lipinski definition) is 3. The normalized spacial score (nSPS) is 13.8. The third-order valence-electron chi connectivity index (χ3n) is 2.45. The van der Waals surface area contributed by atoms with E-state index >= 15 is 0 Å². The number of rotatable bonds is 5. The Labute approximate surface area is 115 Å². The second-order valence-corrected chi connectivity index (χ2v) is 4.93. The van der Waals surface area contributed by atoms with Crippen molar-refractivity contribution >= 4 is 21.8 Å². The van der Waals surface area contributed by atoms with E-state index in [-0.39, 0.29) is 5.91 Å². The minimum atomic E-state index is -0.654. The van der Waals surface area contributed by atoms with Gasteiger partial charge < -0.3 is 15.2 Å². The number of ether oxygens (including phenoxy) is 1. The first kappa shape index (κ1) is 15.0. The van der Waals surface area contributed by atoms with E-state index in [9.17, 15) is 9.90 Å². The Morgan fingerprint density at radius 1 is 1.50 bits per heavy atom. The molecule has 0 aliphatic carbocycles. The zero-order valence-corrected chi connectivity index (χ0v) is 12.3. The summed E-state index contributed by atoms with van der Waals surface area (Å²) in [5.41, 5.74) is 0.653. The van der Waals surface area contributed by atoms with E-state index in [1.54, 1.807) is 26.0 Å². The molecule has 0 aliphatic heterocycles. The largest absolute Gasteiger partial charge is 0.481 e. The molecule has 0 radical (unpaired) electrons. The van der Waals surface area contributed by atoms with Gasteiger partial charge >= 0.3 is 0 Å². The summed E-state index contributed by atoms with van der Waals surface area (Å²) in [4.78, 5) is 11.6. The topological polar surface area (TPSA) is 58.6 Å². The Hall–Kier alpha value is -1.07. The Kier molecular flexibility index (Phi) is 5.62. The van der Waals surface area contributed by atoms with Crippen LogP contribution in [0.5, 0.6) is 5.75 Å². The third-order valence-corrected chi connectivity index (χ3v) is 2.94. The molecule has 1 aromatic carbocycles. The molecule has 1 aromatic rings. The van der Waals surface area contributed by atoms with Crippen molar-refractivity contribution in [3.05, 3.63) is 28.2 Å². The zero-order chi connectivity index (χ0) is 13.7. The minimum Gasteiger partial charge on any atom is -0.481 e. The molecule has 2 N–H and O–H groups in total. The van der Waals surface area contributed by atoms with Gasteiger partial charge in [0.25, 0.3) is 5.91 Å². The molecule has 0 saturated carbocycles. The van der Waals surface area contributed by atoms with Gasteiger partial charge in [-0.2, -0.15) is 0 Å². The lowest BCUT2D eigenvalue weighted by atomic mass is 10.1. The van der Waals surface area contributed by atoms with E-state index in [2.05, 4.69) is 21.2 Å². The van der Waals surface area contributed by atoms with Crippen LogP contribution >= 0.6 is 15.9 Å². The molecule has 0 fully saturated rings. The molecule has 0 aliphatic rings. The summed E-state index contributed by atoms with van der Waals surface area (Å²) in [6, 6.07) is 5.33. The molecular formula is C13H18BrNO3. The molecule has 0 aromatic heterocycles. The van der Waals surface area contributed by atoms with Crippen LogP contribution in [0.25, 0.3) is 0 Å². The first-order valence-electron chi connectivity index (χ1n) is 5.87. The number of carbonyl (C=O) groups excluding carboxylic acids is 1. The van der Waals surface area contributed by atoms with Crippen molar-refractivity contribution in [2.24, 2.45) is 0 Å². The van der Waals surface area contributed by atoms with Gasteiger partial charge in [0.05, 0.1) is 6.10 Å². The summed E-state index contributed by atoms with van der Waals surface area (Å²) in [6.45, 7) is 5.76. The predicted octanol–water partition coefficient (Wildman–Crippen LogP) is 2.41. The molecule has 0 saturated heterocycles. The molecule has 2 atom stereocenters. The van der Waals surface area contributed by atoms with Crippen molar-refractivity contribution in [2.45, 2.75) is 33.0 Å². The van der Waals surface area contributed by atoms with Crippen LogP contribution in [-0.2, 0) is 4.79 Å². The Balaban J connectivity index is 2.87. The smallest absolute Gasteiger partial charge is 0.260 e. The summed E-state index contributed by atoms with van der Waals surface area (Å²) in [5, 5.41) is 12.4.